The number of aromatic nitrogens is 4. The highest BCUT2D eigenvalue weighted by Crippen LogP contribution is 2.34. The molecule has 112 valence electrons. The van der Waals surface area contributed by atoms with E-state index < -0.39 is 0 Å². The van der Waals surface area contributed by atoms with E-state index in [1.165, 1.54) is 31.4 Å². The predicted molar refractivity (Wildman–Crippen MR) is 84.4 cm³/mol. The summed E-state index contributed by atoms with van der Waals surface area (Å²) in [6.45, 7) is 2.12. The van der Waals surface area contributed by atoms with E-state index in [4.69, 9.17) is 4.98 Å². The van der Waals surface area contributed by atoms with Crippen LogP contribution in [0.1, 0.15) is 49.9 Å². The van der Waals surface area contributed by atoms with E-state index in [9.17, 15) is 0 Å². The lowest BCUT2D eigenvalue weighted by atomic mass is 10.0. The third-order valence-corrected chi connectivity index (χ3v) is 4.26. The molecule has 2 heterocycles. The predicted octanol–water partition coefficient (Wildman–Crippen LogP) is 3.14. The fourth-order valence-electron chi connectivity index (χ4n) is 3.13. The van der Waals surface area contributed by atoms with Crippen molar-refractivity contribution in [2.75, 3.05) is 12.4 Å². The molecule has 0 radical (unpaired) electrons. The molecular weight excluding hydrogens is 262 g/mol. The number of nitrogens with zero attached hydrogens (tertiary/aromatic N) is 4. The highest BCUT2D eigenvalue weighted by atomic mass is 15.3. The van der Waals surface area contributed by atoms with Gasteiger partial charge >= 0.3 is 0 Å². The van der Waals surface area contributed by atoms with Crippen molar-refractivity contribution in [3.63, 3.8) is 0 Å². The fourth-order valence-corrected chi connectivity index (χ4v) is 3.13. The van der Waals surface area contributed by atoms with Gasteiger partial charge in [0.2, 0.25) is 0 Å². The Balaban J connectivity index is 2.06. The van der Waals surface area contributed by atoms with Crippen molar-refractivity contribution >= 4 is 5.82 Å². The topological polar surface area (TPSA) is 55.6 Å². The van der Waals surface area contributed by atoms with Crippen LogP contribution in [0.15, 0.2) is 12.3 Å². The molecule has 1 fully saturated rings. The summed E-state index contributed by atoms with van der Waals surface area (Å²) in [7, 11) is 3.86. The molecule has 0 saturated heterocycles. The molecule has 0 aliphatic heterocycles. The molecule has 2 aromatic rings. The molecule has 0 amide bonds. The van der Waals surface area contributed by atoms with Crippen molar-refractivity contribution in [3.05, 3.63) is 23.7 Å². The van der Waals surface area contributed by atoms with Crippen molar-refractivity contribution < 1.29 is 0 Å². The average Bonchev–Trinajstić information content (AvgIpc) is 3.15. The summed E-state index contributed by atoms with van der Waals surface area (Å²) < 4.78 is 1.85. The van der Waals surface area contributed by atoms with Crippen LogP contribution in [0.2, 0.25) is 0 Å². The van der Waals surface area contributed by atoms with Gasteiger partial charge in [-0.25, -0.2) is 9.97 Å². The molecule has 1 aliphatic carbocycles. The first kappa shape index (κ1) is 14.0. The summed E-state index contributed by atoms with van der Waals surface area (Å²) in [6.07, 6.45) is 8.02. The van der Waals surface area contributed by atoms with Crippen molar-refractivity contribution in [1.82, 2.24) is 19.7 Å². The van der Waals surface area contributed by atoms with E-state index in [2.05, 4.69) is 28.4 Å². The van der Waals surface area contributed by atoms with Gasteiger partial charge in [0.1, 0.15) is 5.82 Å². The third-order valence-electron chi connectivity index (χ3n) is 4.26. The summed E-state index contributed by atoms with van der Waals surface area (Å²) in [5, 5.41) is 7.67. The van der Waals surface area contributed by atoms with E-state index in [0.717, 1.165) is 29.3 Å². The summed E-state index contributed by atoms with van der Waals surface area (Å²) in [5.41, 5.74) is 3.28. The van der Waals surface area contributed by atoms with Crippen molar-refractivity contribution in [3.8, 4) is 11.4 Å². The molecule has 5 nitrogen and oxygen atoms in total. The second kappa shape index (κ2) is 5.84. The molecule has 2 aromatic heterocycles. The van der Waals surface area contributed by atoms with Gasteiger partial charge in [-0.05, 0) is 19.3 Å². The summed E-state index contributed by atoms with van der Waals surface area (Å²) in [4.78, 5) is 9.49. The van der Waals surface area contributed by atoms with E-state index in [1.807, 2.05) is 25.0 Å². The van der Waals surface area contributed by atoms with Gasteiger partial charge in [-0.15, -0.1) is 0 Å². The van der Waals surface area contributed by atoms with Crippen LogP contribution in [0.25, 0.3) is 11.4 Å². The Hall–Kier alpha value is -1.91. The molecule has 3 rings (SSSR count). The van der Waals surface area contributed by atoms with E-state index >= 15 is 0 Å². The van der Waals surface area contributed by atoms with Gasteiger partial charge in [-0.3, -0.25) is 4.68 Å². The lowest BCUT2D eigenvalue weighted by molar-refractivity contribution is 0.695. The minimum Gasteiger partial charge on any atom is -0.373 e. The highest BCUT2D eigenvalue weighted by Gasteiger charge is 2.21. The number of hydrogen-bond acceptors (Lipinski definition) is 4. The largest absolute Gasteiger partial charge is 0.373 e. The molecule has 0 aromatic carbocycles. The zero-order valence-electron chi connectivity index (χ0n) is 13.1. The molecule has 1 N–H and O–H groups in total. The van der Waals surface area contributed by atoms with Gasteiger partial charge in [0, 0.05) is 38.0 Å². The fraction of sp³-hybridized carbons (Fsp3) is 0.562. The minimum absolute atomic E-state index is 0.584. The first-order valence-corrected chi connectivity index (χ1v) is 7.81. The number of aryl methyl sites for hydroxylation is 2. The first-order chi connectivity index (χ1) is 10.2. The van der Waals surface area contributed by atoms with Gasteiger partial charge in [0.15, 0.2) is 5.82 Å². The number of rotatable bonds is 4. The monoisotopic (exact) mass is 285 g/mol. The van der Waals surface area contributed by atoms with Crippen LogP contribution in [0.4, 0.5) is 5.82 Å². The summed E-state index contributed by atoms with van der Waals surface area (Å²) in [5.74, 6) is 2.28. The van der Waals surface area contributed by atoms with Crippen LogP contribution in [0.3, 0.4) is 0 Å². The Kier molecular flexibility index (Phi) is 3.90. The lowest BCUT2D eigenvalue weighted by Gasteiger charge is -2.12. The molecule has 1 aliphatic rings. The van der Waals surface area contributed by atoms with Gasteiger partial charge < -0.3 is 5.32 Å². The van der Waals surface area contributed by atoms with Gasteiger partial charge in [0.25, 0.3) is 0 Å². The van der Waals surface area contributed by atoms with Gasteiger partial charge in [0.05, 0.1) is 11.3 Å². The molecule has 1 saturated carbocycles. The van der Waals surface area contributed by atoms with Crippen LogP contribution in [-0.4, -0.2) is 26.8 Å². The van der Waals surface area contributed by atoms with Gasteiger partial charge in [-0.1, -0.05) is 19.8 Å². The smallest absolute Gasteiger partial charge is 0.165 e. The minimum atomic E-state index is 0.584. The maximum absolute atomic E-state index is 4.85. The molecule has 21 heavy (non-hydrogen) atoms. The second-order valence-corrected chi connectivity index (χ2v) is 5.75. The Bertz CT molecular complexity index is 626. The Labute approximate surface area is 125 Å². The van der Waals surface area contributed by atoms with Crippen molar-refractivity contribution in [2.24, 2.45) is 7.05 Å². The van der Waals surface area contributed by atoms with E-state index in [0.29, 0.717) is 5.92 Å². The molecule has 5 heteroatoms. The lowest BCUT2D eigenvalue weighted by Crippen LogP contribution is -2.04. The zero-order chi connectivity index (χ0) is 14.8. The molecule has 0 atom stereocenters. The first-order valence-electron chi connectivity index (χ1n) is 7.81. The maximum atomic E-state index is 4.85. The quantitative estimate of drug-likeness (QED) is 0.937. The SMILES string of the molecule is CCc1nn(C)cc1-c1nc(NC)cc(C2CCCC2)n1. The molecular formula is C16H23N5. The zero-order valence-corrected chi connectivity index (χ0v) is 13.1. The van der Waals surface area contributed by atoms with Crippen molar-refractivity contribution in [1.29, 1.82) is 0 Å². The van der Waals surface area contributed by atoms with E-state index in [1.54, 1.807) is 0 Å². The Morgan fingerprint density at radius 1 is 1.29 bits per heavy atom. The van der Waals surface area contributed by atoms with Crippen LogP contribution < -0.4 is 5.32 Å². The van der Waals surface area contributed by atoms with Crippen LogP contribution in [0.5, 0.6) is 0 Å². The molecule has 0 spiro atoms. The summed E-state index contributed by atoms with van der Waals surface area (Å²) in [6, 6.07) is 2.10. The summed E-state index contributed by atoms with van der Waals surface area (Å²) >= 11 is 0. The number of hydrogen-bond donors (Lipinski definition) is 1. The van der Waals surface area contributed by atoms with Crippen molar-refractivity contribution in [2.45, 2.75) is 44.9 Å². The maximum Gasteiger partial charge on any atom is 0.165 e. The average molecular weight is 285 g/mol. The second-order valence-electron chi connectivity index (χ2n) is 5.75. The Morgan fingerprint density at radius 2 is 2.05 bits per heavy atom. The van der Waals surface area contributed by atoms with Crippen LogP contribution in [0, 0.1) is 0 Å². The standard InChI is InChI=1S/C16H23N5/c1-4-13-12(10-21(3)20-13)16-18-14(9-15(17-2)19-16)11-7-5-6-8-11/h9-11H,4-8H2,1-3H3,(H,17,18,19). The van der Waals surface area contributed by atoms with Crippen LogP contribution in [-0.2, 0) is 13.5 Å². The number of anilines is 1. The molecule has 0 unspecified atom stereocenters. The number of nitrogens with one attached hydrogen (secondary N) is 1. The third kappa shape index (κ3) is 2.77. The normalized spacial score (nSPS) is 15.6. The molecule has 0 bridgehead atoms. The van der Waals surface area contributed by atoms with Gasteiger partial charge in [-0.2, -0.15) is 5.10 Å². The highest BCUT2D eigenvalue weighted by molar-refractivity contribution is 5.60. The van der Waals surface area contributed by atoms with E-state index in [-0.39, 0.29) is 0 Å². The van der Waals surface area contributed by atoms with Crippen LogP contribution >= 0.6 is 0 Å². The Morgan fingerprint density at radius 3 is 2.71 bits per heavy atom.